The van der Waals surface area contributed by atoms with Crippen molar-refractivity contribution in [2.45, 2.75) is 0 Å². The molecule has 0 aliphatic carbocycles. The van der Waals surface area contributed by atoms with Crippen LogP contribution >= 0.6 is 11.6 Å². The molecule has 0 aliphatic rings. The van der Waals surface area contributed by atoms with Crippen LogP contribution in [0.25, 0.3) is 10.9 Å². The predicted octanol–water partition coefficient (Wildman–Crippen LogP) is 5.30. The number of hydrogen-bond acceptors (Lipinski definition) is 6. The van der Waals surface area contributed by atoms with E-state index in [0.717, 1.165) is 5.39 Å². The maximum Gasteiger partial charge on any atom is 0.257 e. The van der Waals surface area contributed by atoms with E-state index in [2.05, 4.69) is 20.6 Å². The highest BCUT2D eigenvalue weighted by atomic mass is 35.5. The molecule has 0 saturated carbocycles. The molecular formula is C23H19ClN4O3. The normalized spacial score (nSPS) is 10.5. The van der Waals surface area contributed by atoms with Crippen molar-refractivity contribution in [3.8, 4) is 11.5 Å². The quantitative estimate of drug-likeness (QED) is 0.428. The number of rotatable bonds is 6. The van der Waals surface area contributed by atoms with Crippen molar-refractivity contribution in [3.05, 3.63) is 77.6 Å². The van der Waals surface area contributed by atoms with Gasteiger partial charge in [0.25, 0.3) is 5.91 Å². The van der Waals surface area contributed by atoms with Crippen LogP contribution in [0.3, 0.4) is 0 Å². The summed E-state index contributed by atoms with van der Waals surface area (Å²) in [4.78, 5) is 21.2. The van der Waals surface area contributed by atoms with Crippen LogP contribution in [0.5, 0.6) is 11.5 Å². The lowest BCUT2D eigenvalue weighted by atomic mass is 10.1. The zero-order valence-corrected chi connectivity index (χ0v) is 17.6. The molecule has 31 heavy (non-hydrogen) atoms. The summed E-state index contributed by atoms with van der Waals surface area (Å²) >= 11 is 6.39. The van der Waals surface area contributed by atoms with Gasteiger partial charge >= 0.3 is 0 Å². The molecule has 0 spiro atoms. The number of para-hydroxylation sites is 1. The third-order valence-electron chi connectivity index (χ3n) is 4.65. The number of benzene rings is 3. The monoisotopic (exact) mass is 434 g/mol. The highest BCUT2D eigenvalue weighted by molar-refractivity contribution is 6.34. The Hall–Kier alpha value is -3.84. The fourth-order valence-corrected chi connectivity index (χ4v) is 3.38. The Morgan fingerprint density at radius 3 is 2.35 bits per heavy atom. The van der Waals surface area contributed by atoms with Crippen LogP contribution in [0.15, 0.2) is 67.0 Å². The third kappa shape index (κ3) is 4.36. The van der Waals surface area contributed by atoms with Crippen LogP contribution in [0.1, 0.15) is 10.4 Å². The Kier molecular flexibility index (Phi) is 5.86. The summed E-state index contributed by atoms with van der Waals surface area (Å²) in [7, 11) is 3.14. The van der Waals surface area contributed by atoms with E-state index >= 15 is 0 Å². The van der Waals surface area contributed by atoms with Gasteiger partial charge < -0.3 is 20.1 Å². The number of nitrogens with one attached hydrogen (secondary N) is 2. The van der Waals surface area contributed by atoms with Gasteiger partial charge in [0.15, 0.2) is 11.5 Å². The largest absolute Gasteiger partial charge is 0.493 e. The lowest BCUT2D eigenvalue weighted by molar-refractivity contribution is 0.102. The maximum atomic E-state index is 12.5. The summed E-state index contributed by atoms with van der Waals surface area (Å²) in [6.45, 7) is 0. The number of anilines is 3. The van der Waals surface area contributed by atoms with Gasteiger partial charge in [0, 0.05) is 22.8 Å². The van der Waals surface area contributed by atoms with E-state index in [1.165, 1.54) is 6.33 Å². The summed E-state index contributed by atoms with van der Waals surface area (Å²) in [5, 5.41) is 7.12. The van der Waals surface area contributed by atoms with Gasteiger partial charge in [0.1, 0.15) is 12.1 Å². The van der Waals surface area contributed by atoms with Gasteiger partial charge in [-0.05, 0) is 36.4 Å². The maximum absolute atomic E-state index is 12.5. The number of halogens is 1. The highest BCUT2D eigenvalue weighted by Crippen LogP contribution is 2.34. The number of hydrogen-bond donors (Lipinski definition) is 2. The number of nitrogens with zero attached hydrogens (tertiary/aromatic N) is 2. The van der Waals surface area contributed by atoms with Crippen molar-refractivity contribution < 1.29 is 14.3 Å². The van der Waals surface area contributed by atoms with Gasteiger partial charge in [0.2, 0.25) is 0 Å². The van der Waals surface area contributed by atoms with Crippen LogP contribution in [0.4, 0.5) is 17.2 Å². The van der Waals surface area contributed by atoms with Crippen molar-refractivity contribution >= 4 is 45.6 Å². The summed E-state index contributed by atoms with van der Waals surface area (Å²) in [6.07, 6.45) is 1.46. The molecule has 1 heterocycles. The molecule has 3 aromatic carbocycles. The number of aromatic nitrogens is 2. The molecule has 1 amide bonds. The Labute approximate surface area is 184 Å². The second-order valence-electron chi connectivity index (χ2n) is 6.59. The Balaban J connectivity index is 1.61. The Morgan fingerprint density at radius 2 is 1.65 bits per heavy atom. The van der Waals surface area contributed by atoms with E-state index in [0.29, 0.717) is 44.8 Å². The molecule has 8 heteroatoms. The fraction of sp³-hybridized carbons (Fsp3) is 0.0870. The fourth-order valence-electron chi connectivity index (χ4n) is 3.12. The minimum atomic E-state index is -0.285. The molecule has 7 nitrogen and oxygen atoms in total. The van der Waals surface area contributed by atoms with Crippen LogP contribution in [-0.2, 0) is 0 Å². The molecular weight excluding hydrogens is 416 g/mol. The lowest BCUT2D eigenvalue weighted by Crippen LogP contribution is -2.12. The first-order valence-electron chi connectivity index (χ1n) is 9.38. The van der Waals surface area contributed by atoms with Crippen molar-refractivity contribution in [1.82, 2.24) is 9.97 Å². The van der Waals surface area contributed by atoms with Crippen LogP contribution in [-0.4, -0.2) is 30.1 Å². The zero-order chi connectivity index (χ0) is 21.8. The van der Waals surface area contributed by atoms with Crippen LogP contribution in [0.2, 0.25) is 5.02 Å². The Morgan fingerprint density at radius 1 is 0.903 bits per heavy atom. The molecule has 156 valence electrons. The Bertz CT molecular complexity index is 1250. The smallest absolute Gasteiger partial charge is 0.257 e. The molecule has 0 unspecified atom stereocenters. The van der Waals surface area contributed by atoms with E-state index < -0.39 is 0 Å². The van der Waals surface area contributed by atoms with Gasteiger partial charge in [-0.2, -0.15) is 0 Å². The summed E-state index contributed by atoms with van der Waals surface area (Å²) in [6, 6.07) is 17.9. The van der Waals surface area contributed by atoms with Gasteiger partial charge in [-0.3, -0.25) is 4.79 Å². The minimum absolute atomic E-state index is 0.285. The molecule has 4 aromatic rings. The number of ether oxygens (including phenoxy) is 2. The van der Waals surface area contributed by atoms with E-state index in [-0.39, 0.29) is 5.91 Å². The molecule has 0 saturated heterocycles. The number of fused-ring (bicyclic) bond motifs is 1. The second-order valence-corrected chi connectivity index (χ2v) is 6.99. The second kappa shape index (κ2) is 8.89. The number of methoxy groups -OCH3 is 2. The summed E-state index contributed by atoms with van der Waals surface area (Å²) in [5.41, 5.74) is 2.44. The van der Waals surface area contributed by atoms with E-state index in [4.69, 9.17) is 21.1 Å². The van der Waals surface area contributed by atoms with E-state index in [1.807, 2.05) is 30.3 Å². The standard InChI is InChI=1S/C23H19ClN4O3/c1-30-20-11-17-19(12-21(20)31-2)25-13-26-22(17)27-15-8-9-16(18(24)10-15)23(29)28-14-6-4-3-5-7-14/h3-13H,1-2H3,(H,28,29)(H,25,26,27). The highest BCUT2D eigenvalue weighted by Gasteiger charge is 2.14. The lowest BCUT2D eigenvalue weighted by Gasteiger charge is -2.13. The zero-order valence-electron chi connectivity index (χ0n) is 16.8. The summed E-state index contributed by atoms with van der Waals surface area (Å²) < 4.78 is 10.7. The number of amides is 1. The first kappa shape index (κ1) is 20.4. The predicted molar refractivity (Wildman–Crippen MR) is 122 cm³/mol. The molecule has 0 bridgehead atoms. The first-order valence-corrected chi connectivity index (χ1v) is 9.76. The van der Waals surface area contributed by atoms with Crippen molar-refractivity contribution in [2.24, 2.45) is 0 Å². The first-order chi connectivity index (χ1) is 15.1. The molecule has 0 radical (unpaired) electrons. The topological polar surface area (TPSA) is 85.4 Å². The number of carbonyl (C=O) groups excluding carboxylic acids is 1. The third-order valence-corrected chi connectivity index (χ3v) is 4.96. The van der Waals surface area contributed by atoms with Gasteiger partial charge in [-0.1, -0.05) is 29.8 Å². The molecule has 0 atom stereocenters. The SMILES string of the molecule is COc1cc2ncnc(Nc3ccc(C(=O)Nc4ccccc4)c(Cl)c3)c2cc1OC. The molecule has 1 aromatic heterocycles. The van der Waals surface area contributed by atoms with Crippen molar-refractivity contribution in [2.75, 3.05) is 24.9 Å². The molecule has 4 rings (SSSR count). The van der Waals surface area contributed by atoms with Crippen LogP contribution in [0, 0.1) is 0 Å². The van der Waals surface area contributed by atoms with Crippen molar-refractivity contribution in [3.63, 3.8) is 0 Å². The average Bonchev–Trinajstić information content (AvgIpc) is 2.79. The minimum Gasteiger partial charge on any atom is -0.493 e. The summed E-state index contributed by atoms with van der Waals surface area (Å²) in [5.74, 6) is 1.44. The van der Waals surface area contributed by atoms with Gasteiger partial charge in [-0.15, -0.1) is 0 Å². The number of carbonyl (C=O) groups is 1. The van der Waals surface area contributed by atoms with Crippen LogP contribution < -0.4 is 20.1 Å². The van der Waals surface area contributed by atoms with Gasteiger partial charge in [0.05, 0.1) is 30.3 Å². The van der Waals surface area contributed by atoms with E-state index in [1.54, 1.807) is 44.6 Å². The van der Waals surface area contributed by atoms with Gasteiger partial charge in [-0.25, -0.2) is 9.97 Å². The van der Waals surface area contributed by atoms with E-state index in [9.17, 15) is 4.79 Å². The van der Waals surface area contributed by atoms with Crippen molar-refractivity contribution in [1.29, 1.82) is 0 Å². The molecule has 2 N–H and O–H groups in total. The average molecular weight is 435 g/mol. The molecule has 0 fully saturated rings. The molecule has 0 aliphatic heterocycles.